The largest absolute Gasteiger partial charge is 0.478 e. The van der Waals surface area contributed by atoms with E-state index in [0.717, 1.165) is 15.6 Å². The average molecular weight is 346 g/mol. The van der Waals surface area contributed by atoms with E-state index >= 15 is 0 Å². The summed E-state index contributed by atoms with van der Waals surface area (Å²) in [5.74, 6) is -1.01. The molecular weight excluding hydrogens is 334 g/mol. The van der Waals surface area contributed by atoms with Crippen LogP contribution in [0.15, 0.2) is 46.9 Å². The highest BCUT2D eigenvalue weighted by atomic mass is 79.9. The van der Waals surface area contributed by atoms with Crippen molar-refractivity contribution in [2.45, 2.75) is 13.1 Å². The minimum Gasteiger partial charge on any atom is -0.478 e. The van der Waals surface area contributed by atoms with Crippen LogP contribution in [-0.4, -0.2) is 21.9 Å². The summed E-state index contributed by atoms with van der Waals surface area (Å²) in [6, 6.07) is 12.3. The Balaban J connectivity index is 1.86. The van der Waals surface area contributed by atoms with Gasteiger partial charge in [0.1, 0.15) is 0 Å². The van der Waals surface area contributed by atoms with Crippen LogP contribution in [-0.2, 0) is 13.1 Å². The molecule has 1 aliphatic heterocycles. The van der Waals surface area contributed by atoms with Crippen molar-refractivity contribution < 1.29 is 14.7 Å². The Hall–Kier alpha value is -2.14. The van der Waals surface area contributed by atoms with Gasteiger partial charge in [-0.25, -0.2) is 4.79 Å². The van der Waals surface area contributed by atoms with Crippen LogP contribution in [0.4, 0.5) is 0 Å². The molecular formula is C16H12BrNO3. The van der Waals surface area contributed by atoms with E-state index in [1.54, 1.807) is 29.2 Å². The number of amides is 1. The minimum absolute atomic E-state index is 0.0597. The van der Waals surface area contributed by atoms with Crippen molar-refractivity contribution in [1.29, 1.82) is 0 Å². The van der Waals surface area contributed by atoms with E-state index in [1.807, 2.05) is 18.2 Å². The van der Waals surface area contributed by atoms with Crippen LogP contribution < -0.4 is 0 Å². The number of nitrogens with zero attached hydrogens (tertiary/aromatic N) is 1. The number of halogens is 1. The van der Waals surface area contributed by atoms with Crippen molar-refractivity contribution in [2.24, 2.45) is 0 Å². The van der Waals surface area contributed by atoms with Gasteiger partial charge >= 0.3 is 5.97 Å². The summed E-state index contributed by atoms with van der Waals surface area (Å²) in [5.41, 5.74) is 2.77. The number of aromatic carboxylic acids is 1. The maximum atomic E-state index is 12.5. The highest BCUT2D eigenvalue weighted by Gasteiger charge is 2.25. The molecule has 5 heteroatoms. The molecule has 1 aliphatic rings. The second-order valence-corrected chi connectivity index (χ2v) is 5.78. The molecule has 0 atom stereocenters. The topological polar surface area (TPSA) is 57.6 Å². The van der Waals surface area contributed by atoms with E-state index in [-0.39, 0.29) is 11.5 Å². The third-order valence-electron chi connectivity index (χ3n) is 3.57. The molecule has 106 valence electrons. The van der Waals surface area contributed by atoms with Gasteiger partial charge in [0.2, 0.25) is 0 Å². The monoisotopic (exact) mass is 345 g/mol. The minimum atomic E-state index is -0.951. The Kier molecular flexibility index (Phi) is 3.51. The standard InChI is InChI=1S/C16H12BrNO3/c17-14-4-2-1-3-13(14)15(19)18-8-11-6-5-10(16(20)21)7-12(11)9-18/h1-7H,8-9H2,(H,20,21). The van der Waals surface area contributed by atoms with Crippen LogP contribution in [0.1, 0.15) is 31.8 Å². The van der Waals surface area contributed by atoms with E-state index < -0.39 is 5.97 Å². The zero-order valence-electron chi connectivity index (χ0n) is 11.0. The zero-order valence-corrected chi connectivity index (χ0v) is 12.6. The summed E-state index contributed by atoms with van der Waals surface area (Å²) in [6.45, 7) is 0.950. The first-order chi connectivity index (χ1) is 10.1. The number of carbonyl (C=O) groups is 2. The number of hydrogen-bond acceptors (Lipinski definition) is 2. The van der Waals surface area contributed by atoms with Crippen molar-refractivity contribution >= 4 is 27.8 Å². The SMILES string of the molecule is O=C(O)c1ccc2c(c1)CN(C(=O)c1ccccc1Br)C2. The number of benzene rings is 2. The Bertz CT molecular complexity index is 742. The number of hydrogen-bond donors (Lipinski definition) is 1. The highest BCUT2D eigenvalue weighted by molar-refractivity contribution is 9.10. The summed E-state index contributed by atoms with van der Waals surface area (Å²) in [6.07, 6.45) is 0. The van der Waals surface area contributed by atoms with Crippen molar-refractivity contribution in [2.75, 3.05) is 0 Å². The maximum absolute atomic E-state index is 12.5. The first kappa shape index (κ1) is 13.8. The zero-order chi connectivity index (χ0) is 15.0. The van der Waals surface area contributed by atoms with Crippen LogP contribution in [0, 0.1) is 0 Å². The molecule has 0 aromatic heterocycles. The lowest BCUT2D eigenvalue weighted by Gasteiger charge is -2.16. The van der Waals surface area contributed by atoms with Gasteiger partial charge < -0.3 is 10.0 Å². The van der Waals surface area contributed by atoms with Crippen LogP contribution in [0.5, 0.6) is 0 Å². The molecule has 2 aromatic rings. The molecule has 0 radical (unpaired) electrons. The van der Waals surface area contributed by atoms with E-state index in [1.165, 1.54) is 0 Å². The molecule has 0 fully saturated rings. The molecule has 1 heterocycles. The third kappa shape index (κ3) is 2.56. The van der Waals surface area contributed by atoms with Crippen molar-refractivity contribution in [3.63, 3.8) is 0 Å². The van der Waals surface area contributed by atoms with Gasteiger partial charge in [-0.2, -0.15) is 0 Å². The van der Waals surface area contributed by atoms with Crippen LogP contribution >= 0.6 is 15.9 Å². The Labute approximate surface area is 130 Å². The lowest BCUT2D eigenvalue weighted by atomic mass is 10.1. The van der Waals surface area contributed by atoms with Crippen molar-refractivity contribution in [1.82, 2.24) is 4.90 Å². The molecule has 1 amide bonds. The Morgan fingerprint density at radius 1 is 1.05 bits per heavy atom. The third-order valence-corrected chi connectivity index (χ3v) is 4.26. The highest BCUT2D eigenvalue weighted by Crippen LogP contribution is 2.27. The van der Waals surface area contributed by atoms with Gasteiger partial charge in [-0.05, 0) is 51.3 Å². The van der Waals surface area contributed by atoms with E-state index in [9.17, 15) is 9.59 Å². The summed E-state index contributed by atoms with van der Waals surface area (Å²) in [4.78, 5) is 25.2. The second kappa shape index (κ2) is 5.33. The van der Waals surface area contributed by atoms with Crippen molar-refractivity contribution in [3.8, 4) is 0 Å². The molecule has 0 unspecified atom stereocenters. The summed E-state index contributed by atoms with van der Waals surface area (Å²) in [7, 11) is 0. The van der Waals surface area contributed by atoms with Gasteiger partial charge in [0, 0.05) is 17.6 Å². The van der Waals surface area contributed by atoms with Gasteiger partial charge in [0.15, 0.2) is 0 Å². The smallest absolute Gasteiger partial charge is 0.335 e. The normalized spacial score (nSPS) is 13.1. The average Bonchev–Trinajstić information content (AvgIpc) is 2.89. The first-order valence-corrected chi connectivity index (χ1v) is 7.24. The molecule has 0 bridgehead atoms. The molecule has 3 rings (SSSR count). The van der Waals surface area contributed by atoms with Crippen molar-refractivity contribution in [3.05, 3.63) is 69.2 Å². The molecule has 2 aromatic carbocycles. The number of carboxylic acids is 1. The first-order valence-electron chi connectivity index (χ1n) is 6.45. The van der Waals surface area contributed by atoms with Crippen LogP contribution in [0.25, 0.3) is 0 Å². The Morgan fingerprint density at radius 3 is 2.48 bits per heavy atom. The predicted molar refractivity (Wildman–Crippen MR) is 81.1 cm³/mol. The van der Waals surface area contributed by atoms with E-state index in [2.05, 4.69) is 15.9 Å². The lowest BCUT2D eigenvalue weighted by molar-refractivity contribution is 0.0696. The van der Waals surface area contributed by atoms with Gasteiger partial charge in [-0.1, -0.05) is 18.2 Å². The predicted octanol–water partition coefficient (Wildman–Crippen LogP) is 3.30. The molecule has 0 spiro atoms. The molecule has 0 saturated heterocycles. The molecule has 1 N–H and O–H groups in total. The van der Waals surface area contributed by atoms with Gasteiger partial charge in [0.05, 0.1) is 11.1 Å². The molecule has 4 nitrogen and oxygen atoms in total. The number of fused-ring (bicyclic) bond motifs is 1. The van der Waals surface area contributed by atoms with Gasteiger partial charge in [-0.3, -0.25) is 4.79 Å². The van der Waals surface area contributed by atoms with Gasteiger partial charge in [0.25, 0.3) is 5.91 Å². The number of rotatable bonds is 2. The Morgan fingerprint density at radius 2 is 1.76 bits per heavy atom. The molecule has 21 heavy (non-hydrogen) atoms. The fourth-order valence-electron chi connectivity index (χ4n) is 2.48. The lowest BCUT2D eigenvalue weighted by Crippen LogP contribution is -2.25. The fourth-order valence-corrected chi connectivity index (χ4v) is 2.93. The molecule has 0 saturated carbocycles. The second-order valence-electron chi connectivity index (χ2n) is 4.93. The van der Waals surface area contributed by atoms with Crippen LogP contribution in [0.3, 0.4) is 0 Å². The van der Waals surface area contributed by atoms with E-state index in [4.69, 9.17) is 5.11 Å². The number of carbonyl (C=O) groups excluding carboxylic acids is 1. The molecule has 0 aliphatic carbocycles. The van der Waals surface area contributed by atoms with E-state index in [0.29, 0.717) is 18.7 Å². The van der Waals surface area contributed by atoms with Crippen LogP contribution in [0.2, 0.25) is 0 Å². The summed E-state index contributed by atoms with van der Waals surface area (Å²) >= 11 is 3.38. The quantitative estimate of drug-likeness (QED) is 0.908. The fraction of sp³-hybridized carbons (Fsp3) is 0.125. The number of carboxylic acid groups (broad SMARTS) is 1. The maximum Gasteiger partial charge on any atom is 0.335 e. The summed E-state index contributed by atoms with van der Waals surface area (Å²) in [5, 5.41) is 9.02. The van der Waals surface area contributed by atoms with Gasteiger partial charge in [-0.15, -0.1) is 0 Å². The summed E-state index contributed by atoms with van der Waals surface area (Å²) < 4.78 is 0.761.